The number of hydrogen-bond donors (Lipinski definition) is 1. The molecule has 0 saturated heterocycles. The van der Waals surface area contributed by atoms with Gasteiger partial charge >= 0.3 is 0 Å². The van der Waals surface area contributed by atoms with Crippen molar-refractivity contribution in [1.82, 2.24) is 9.88 Å². The number of carbonyl (C=O) groups is 1. The Bertz CT molecular complexity index is 1510. The second-order valence-corrected chi connectivity index (χ2v) is 9.96. The van der Waals surface area contributed by atoms with Crippen molar-refractivity contribution in [3.63, 3.8) is 0 Å². The number of aromatic nitrogens is 1. The number of ether oxygens (including phenoxy) is 1. The molecule has 1 aromatic heterocycles. The number of nitrogens with zero attached hydrogens (tertiary/aromatic N) is 2. The molecule has 1 atom stereocenters. The fourth-order valence-electron chi connectivity index (χ4n) is 4.98. The molecule has 5 rings (SSSR count). The number of amides is 1. The van der Waals surface area contributed by atoms with Crippen molar-refractivity contribution in [2.45, 2.75) is 52.2 Å². The van der Waals surface area contributed by atoms with Crippen molar-refractivity contribution in [3.05, 3.63) is 106 Å². The van der Waals surface area contributed by atoms with Gasteiger partial charge in [-0.1, -0.05) is 63.2 Å². The predicted molar refractivity (Wildman–Crippen MR) is 146 cm³/mol. The van der Waals surface area contributed by atoms with E-state index in [1.807, 2.05) is 36.4 Å². The van der Waals surface area contributed by atoms with Crippen LogP contribution in [0.5, 0.6) is 0 Å². The Kier molecular flexibility index (Phi) is 7.27. The molecule has 0 fully saturated rings. The maximum atomic E-state index is 13.7. The van der Waals surface area contributed by atoms with Crippen molar-refractivity contribution >= 4 is 22.7 Å². The van der Waals surface area contributed by atoms with Crippen LogP contribution in [0.4, 0.5) is 8.78 Å². The van der Waals surface area contributed by atoms with Crippen molar-refractivity contribution in [2.24, 2.45) is 4.99 Å². The molecule has 1 aliphatic heterocycles. The molecule has 4 aromatic rings. The fraction of sp³-hybridized carbons (Fsp3) is 0.290. The summed E-state index contributed by atoms with van der Waals surface area (Å²) in [7, 11) is 0. The molecule has 5 nitrogen and oxygen atoms in total. The van der Waals surface area contributed by atoms with Crippen LogP contribution in [0.2, 0.25) is 0 Å². The highest BCUT2D eigenvalue weighted by molar-refractivity contribution is 6.10. The number of hydrogen-bond acceptors (Lipinski definition) is 3. The molecule has 0 radical (unpaired) electrons. The van der Waals surface area contributed by atoms with E-state index in [0.717, 1.165) is 46.3 Å². The van der Waals surface area contributed by atoms with Crippen LogP contribution in [0.1, 0.15) is 65.9 Å². The van der Waals surface area contributed by atoms with Crippen LogP contribution in [-0.2, 0) is 17.8 Å². The van der Waals surface area contributed by atoms with E-state index in [0.29, 0.717) is 30.2 Å². The molecule has 0 bridgehead atoms. The molecule has 0 saturated carbocycles. The predicted octanol–water partition coefficient (Wildman–Crippen LogP) is 6.58. The first-order valence-electron chi connectivity index (χ1n) is 13.0. The van der Waals surface area contributed by atoms with Gasteiger partial charge in [0, 0.05) is 29.7 Å². The fourth-order valence-corrected chi connectivity index (χ4v) is 4.98. The lowest BCUT2D eigenvalue weighted by molar-refractivity contribution is 0.0951. The Morgan fingerprint density at radius 3 is 2.53 bits per heavy atom. The lowest BCUT2D eigenvalue weighted by Crippen LogP contribution is -2.24. The molecule has 1 amide bonds. The molecule has 1 aliphatic rings. The number of carbonyl (C=O) groups excluding carboxylic acids is 1. The zero-order chi connectivity index (χ0) is 26.8. The van der Waals surface area contributed by atoms with Gasteiger partial charge < -0.3 is 14.6 Å². The summed E-state index contributed by atoms with van der Waals surface area (Å²) in [5.41, 5.74) is 4.89. The smallest absolute Gasteiger partial charge is 0.254 e. The first-order chi connectivity index (χ1) is 18.4. The molecule has 38 heavy (non-hydrogen) atoms. The van der Waals surface area contributed by atoms with E-state index in [9.17, 15) is 13.6 Å². The summed E-state index contributed by atoms with van der Waals surface area (Å²) in [6.45, 7) is 7.48. The average Bonchev–Trinajstić information content (AvgIpc) is 3.53. The van der Waals surface area contributed by atoms with Gasteiger partial charge in [-0.05, 0) is 47.7 Å². The first kappa shape index (κ1) is 25.6. The highest BCUT2D eigenvalue weighted by Crippen LogP contribution is 2.33. The van der Waals surface area contributed by atoms with E-state index >= 15 is 0 Å². The number of halogens is 2. The Balaban J connectivity index is 1.59. The molecule has 2 heterocycles. The molecular weight excluding hydrogens is 484 g/mol. The van der Waals surface area contributed by atoms with Crippen LogP contribution >= 0.6 is 0 Å². The molecule has 1 N–H and O–H groups in total. The topological polar surface area (TPSA) is 55.6 Å². The van der Waals surface area contributed by atoms with E-state index in [1.165, 1.54) is 6.07 Å². The van der Waals surface area contributed by atoms with Crippen molar-refractivity contribution < 1.29 is 18.3 Å². The maximum Gasteiger partial charge on any atom is 0.254 e. The Morgan fingerprint density at radius 1 is 1.05 bits per heavy atom. The van der Waals surface area contributed by atoms with Gasteiger partial charge in [0.05, 0.1) is 17.1 Å². The van der Waals surface area contributed by atoms with Crippen LogP contribution in [0.25, 0.3) is 10.9 Å². The summed E-state index contributed by atoms with van der Waals surface area (Å²) in [4.78, 5) is 18.4. The number of benzene rings is 3. The van der Waals surface area contributed by atoms with Crippen molar-refractivity contribution in [2.75, 3.05) is 6.61 Å². The maximum absolute atomic E-state index is 13.7. The van der Waals surface area contributed by atoms with Gasteiger partial charge in [-0.25, -0.2) is 13.8 Å². The summed E-state index contributed by atoms with van der Waals surface area (Å²) in [5.74, 6) is -1.44. The first-order valence-corrected chi connectivity index (χ1v) is 13.0. The highest BCUT2D eigenvalue weighted by atomic mass is 19.2. The highest BCUT2D eigenvalue weighted by Gasteiger charge is 2.26. The molecule has 0 aliphatic carbocycles. The minimum absolute atomic E-state index is 0.0446. The van der Waals surface area contributed by atoms with Gasteiger partial charge in [-0.2, -0.15) is 0 Å². The zero-order valence-corrected chi connectivity index (χ0v) is 21.8. The largest absolute Gasteiger partial charge is 0.475 e. The number of aliphatic imine (C=N–C) groups is 1. The SMILES string of the molecule is CC[C@H]1COC(c2ccc3c(C(=O)NCc4ccc(F)c(F)c4)c(C(C)C)n(Cc4ccccc4)c3c2)=N1. The van der Waals surface area contributed by atoms with Crippen LogP contribution in [0, 0.1) is 11.6 Å². The van der Waals surface area contributed by atoms with Crippen LogP contribution in [0.3, 0.4) is 0 Å². The normalized spacial score (nSPS) is 15.1. The van der Waals surface area contributed by atoms with Gasteiger partial charge in [0.15, 0.2) is 11.6 Å². The Hall–Kier alpha value is -4.00. The van der Waals surface area contributed by atoms with Crippen molar-refractivity contribution in [1.29, 1.82) is 0 Å². The molecular formula is C31H31F2N3O2. The standard InChI is InChI=1S/C31H31F2N3O2/c1-4-23-18-38-31(35-23)22-11-12-24-27(15-22)36(17-20-8-6-5-7-9-20)29(19(2)3)28(24)30(37)34-16-21-10-13-25(32)26(33)14-21/h5-15,19,23H,4,16-18H2,1-3H3,(H,34,37)/t23-/m0/s1. The van der Waals surface area contributed by atoms with Crippen LogP contribution in [0.15, 0.2) is 71.7 Å². The number of rotatable bonds is 8. The van der Waals surface area contributed by atoms with Crippen LogP contribution < -0.4 is 5.32 Å². The third-order valence-electron chi connectivity index (χ3n) is 6.93. The lowest BCUT2D eigenvalue weighted by Gasteiger charge is -2.16. The van der Waals surface area contributed by atoms with E-state index in [2.05, 4.69) is 42.8 Å². The summed E-state index contributed by atoms with van der Waals surface area (Å²) in [5, 5.41) is 3.74. The number of nitrogens with one attached hydrogen (secondary N) is 1. The van der Waals surface area contributed by atoms with E-state index < -0.39 is 11.6 Å². The molecule has 7 heteroatoms. The van der Waals surface area contributed by atoms with E-state index in [1.54, 1.807) is 0 Å². The third kappa shape index (κ3) is 5.05. The second kappa shape index (κ2) is 10.8. The third-order valence-corrected chi connectivity index (χ3v) is 6.93. The Labute approximate surface area is 221 Å². The minimum atomic E-state index is -0.936. The minimum Gasteiger partial charge on any atom is -0.475 e. The van der Waals surface area contributed by atoms with Crippen molar-refractivity contribution in [3.8, 4) is 0 Å². The van der Waals surface area contributed by atoms with Gasteiger partial charge in [0.2, 0.25) is 5.90 Å². The summed E-state index contributed by atoms with van der Waals surface area (Å²) < 4.78 is 35.2. The molecule has 0 unspecified atom stereocenters. The molecule has 0 spiro atoms. The monoisotopic (exact) mass is 515 g/mol. The number of fused-ring (bicyclic) bond motifs is 1. The van der Waals surface area contributed by atoms with Gasteiger partial charge in [0.25, 0.3) is 5.91 Å². The van der Waals surface area contributed by atoms with Crippen LogP contribution in [-0.4, -0.2) is 29.0 Å². The summed E-state index contributed by atoms with van der Waals surface area (Å²) in [6.07, 6.45) is 0.913. The van der Waals surface area contributed by atoms with Gasteiger partial charge in [-0.3, -0.25) is 4.79 Å². The molecule has 196 valence electrons. The summed E-state index contributed by atoms with van der Waals surface area (Å²) >= 11 is 0. The quantitative estimate of drug-likeness (QED) is 0.288. The zero-order valence-electron chi connectivity index (χ0n) is 21.8. The van der Waals surface area contributed by atoms with Gasteiger partial charge in [0.1, 0.15) is 6.61 Å². The summed E-state index contributed by atoms with van der Waals surface area (Å²) in [6, 6.07) is 19.9. The molecule has 3 aromatic carbocycles. The lowest BCUT2D eigenvalue weighted by atomic mass is 10.0. The average molecular weight is 516 g/mol. The van der Waals surface area contributed by atoms with Gasteiger partial charge in [-0.15, -0.1) is 0 Å². The second-order valence-electron chi connectivity index (χ2n) is 9.96. The Morgan fingerprint density at radius 2 is 1.84 bits per heavy atom. The van der Waals surface area contributed by atoms with E-state index in [-0.39, 0.29) is 24.4 Å². The van der Waals surface area contributed by atoms with E-state index in [4.69, 9.17) is 9.73 Å².